The van der Waals surface area contributed by atoms with E-state index in [1.807, 2.05) is 31.2 Å². The molecule has 0 bridgehead atoms. The fourth-order valence-corrected chi connectivity index (χ4v) is 4.13. The highest BCUT2D eigenvalue weighted by atomic mass is 79.9. The van der Waals surface area contributed by atoms with Crippen LogP contribution in [0.1, 0.15) is 4.88 Å². The largest absolute Gasteiger partial charge is 0.483 e. The van der Waals surface area contributed by atoms with Crippen molar-refractivity contribution >= 4 is 65.8 Å². The Balaban J connectivity index is 1.64. The number of benzene rings is 2. The van der Waals surface area contributed by atoms with Crippen LogP contribution in [0.4, 0.5) is 5.13 Å². The van der Waals surface area contributed by atoms with Gasteiger partial charge in [0.1, 0.15) is 5.75 Å². The summed E-state index contributed by atoms with van der Waals surface area (Å²) in [5, 5.41) is 3.91. The van der Waals surface area contributed by atoms with Crippen LogP contribution in [0, 0.1) is 6.92 Å². The summed E-state index contributed by atoms with van der Waals surface area (Å²) in [6.07, 6.45) is 0. The fraction of sp³-hybridized carbons (Fsp3) is 0.111. The summed E-state index contributed by atoms with van der Waals surface area (Å²) in [5.41, 5.74) is 1.86. The van der Waals surface area contributed by atoms with Crippen molar-refractivity contribution in [3.63, 3.8) is 0 Å². The van der Waals surface area contributed by atoms with E-state index >= 15 is 0 Å². The predicted octanol–water partition coefficient (Wildman–Crippen LogP) is 6.31. The highest BCUT2D eigenvalue weighted by Crippen LogP contribution is 2.31. The zero-order valence-electron chi connectivity index (χ0n) is 13.6. The van der Waals surface area contributed by atoms with Crippen molar-refractivity contribution in [3.05, 3.63) is 61.3 Å². The lowest BCUT2D eigenvalue weighted by Gasteiger charge is -2.07. The molecule has 0 aliphatic carbocycles. The minimum absolute atomic E-state index is 0.119. The van der Waals surface area contributed by atoms with Gasteiger partial charge in [-0.2, -0.15) is 0 Å². The molecule has 0 atom stereocenters. The second kappa shape index (κ2) is 8.52. The van der Waals surface area contributed by atoms with Crippen molar-refractivity contribution in [3.8, 4) is 17.0 Å². The van der Waals surface area contributed by atoms with E-state index in [1.54, 1.807) is 18.2 Å². The summed E-state index contributed by atoms with van der Waals surface area (Å²) in [5.74, 6) is 0.276. The zero-order valence-corrected chi connectivity index (χ0v) is 18.3. The van der Waals surface area contributed by atoms with Gasteiger partial charge in [-0.05, 0) is 53.2 Å². The smallest absolute Gasteiger partial charge is 0.264 e. The Labute approximate surface area is 176 Å². The Morgan fingerprint density at radius 1 is 1.23 bits per heavy atom. The van der Waals surface area contributed by atoms with Crippen LogP contribution in [0.3, 0.4) is 0 Å². The molecule has 0 spiro atoms. The SMILES string of the molecule is Cc1sc(NC(=O)COc2ccc(Cl)cc2Br)nc1-c1ccc(Br)cc1. The average Bonchev–Trinajstić information content (AvgIpc) is 2.95. The van der Waals surface area contributed by atoms with Crippen molar-refractivity contribution in [1.82, 2.24) is 4.98 Å². The van der Waals surface area contributed by atoms with Gasteiger partial charge in [0.25, 0.3) is 5.91 Å². The van der Waals surface area contributed by atoms with Crippen LogP contribution >= 0.6 is 54.8 Å². The molecule has 0 saturated heterocycles. The quantitative estimate of drug-likeness (QED) is 0.432. The van der Waals surface area contributed by atoms with Crippen molar-refractivity contribution in [1.29, 1.82) is 0 Å². The topological polar surface area (TPSA) is 51.2 Å². The average molecular weight is 517 g/mol. The molecule has 1 amide bonds. The number of halogens is 3. The molecular formula is C18H13Br2ClN2O2S. The minimum Gasteiger partial charge on any atom is -0.483 e. The maximum absolute atomic E-state index is 12.1. The van der Waals surface area contributed by atoms with Gasteiger partial charge in [-0.3, -0.25) is 10.1 Å². The van der Waals surface area contributed by atoms with E-state index in [-0.39, 0.29) is 12.5 Å². The third-order valence-electron chi connectivity index (χ3n) is 3.41. The molecule has 0 aliphatic heterocycles. The lowest BCUT2D eigenvalue weighted by atomic mass is 10.1. The van der Waals surface area contributed by atoms with Gasteiger partial charge in [0, 0.05) is 19.9 Å². The molecule has 0 unspecified atom stereocenters. The van der Waals surface area contributed by atoms with E-state index in [4.69, 9.17) is 16.3 Å². The first kappa shape index (κ1) is 19.4. The summed E-state index contributed by atoms with van der Waals surface area (Å²) >= 11 is 14.1. The van der Waals surface area contributed by atoms with Crippen molar-refractivity contribution in [2.24, 2.45) is 0 Å². The predicted molar refractivity (Wildman–Crippen MR) is 113 cm³/mol. The number of hydrogen-bond acceptors (Lipinski definition) is 4. The molecule has 1 heterocycles. The third kappa shape index (κ3) is 4.85. The summed E-state index contributed by atoms with van der Waals surface area (Å²) in [6.45, 7) is 1.86. The third-order valence-corrected chi connectivity index (χ3v) is 5.68. The Bertz CT molecular complexity index is 945. The molecule has 0 aliphatic rings. The molecular weight excluding hydrogens is 504 g/mol. The molecule has 0 fully saturated rings. The molecule has 1 aromatic heterocycles. The van der Waals surface area contributed by atoms with Crippen molar-refractivity contribution < 1.29 is 9.53 Å². The van der Waals surface area contributed by atoms with Crippen LogP contribution in [0.15, 0.2) is 51.4 Å². The number of anilines is 1. The van der Waals surface area contributed by atoms with E-state index < -0.39 is 0 Å². The summed E-state index contributed by atoms with van der Waals surface area (Å²) in [7, 11) is 0. The van der Waals surface area contributed by atoms with Crippen LogP contribution in [-0.4, -0.2) is 17.5 Å². The maximum atomic E-state index is 12.1. The summed E-state index contributed by atoms with van der Waals surface area (Å²) < 4.78 is 7.22. The molecule has 0 saturated carbocycles. The highest BCUT2D eigenvalue weighted by molar-refractivity contribution is 9.10. The lowest BCUT2D eigenvalue weighted by Crippen LogP contribution is -2.20. The van der Waals surface area contributed by atoms with Gasteiger partial charge >= 0.3 is 0 Å². The molecule has 134 valence electrons. The summed E-state index contributed by atoms with van der Waals surface area (Å²) in [6, 6.07) is 13.0. The molecule has 2 aromatic carbocycles. The highest BCUT2D eigenvalue weighted by Gasteiger charge is 2.13. The van der Waals surface area contributed by atoms with Crippen molar-refractivity contribution in [2.45, 2.75) is 6.92 Å². The Kier molecular flexibility index (Phi) is 6.34. The van der Waals surface area contributed by atoms with Crippen LogP contribution in [0.25, 0.3) is 11.3 Å². The second-order valence-corrected chi connectivity index (χ2v) is 8.75. The molecule has 8 heteroatoms. The van der Waals surface area contributed by atoms with E-state index in [9.17, 15) is 4.79 Å². The number of ether oxygens (including phenoxy) is 1. The second-order valence-electron chi connectivity index (χ2n) is 5.34. The van der Waals surface area contributed by atoms with Crippen LogP contribution in [0.2, 0.25) is 5.02 Å². The van der Waals surface area contributed by atoms with E-state index in [0.29, 0.717) is 20.4 Å². The van der Waals surface area contributed by atoms with Crippen LogP contribution in [0.5, 0.6) is 5.75 Å². The Morgan fingerprint density at radius 2 is 1.96 bits per heavy atom. The number of rotatable bonds is 5. The van der Waals surface area contributed by atoms with Crippen molar-refractivity contribution in [2.75, 3.05) is 11.9 Å². The number of aryl methyl sites for hydroxylation is 1. The number of carbonyl (C=O) groups excluding carboxylic acids is 1. The Hall–Kier alpha value is -1.41. The lowest BCUT2D eigenvalue weighted by molar-refractivity contribution is -0.118. The van der Waals surface area contributed by atoms with Crippen LogP contribution in [-0.2, 0) is 4.79 Å². The fourth-order valence-electron chi connectivity index (χ4n) is 2.22. The number of amides is 1. The monoisotopic (exact) mass is 514 g/mol. The molecule has 3 aromatic rings. The number of aromatic nitrogens is 1. The van der Waals surface area contributed by atoms with Gasteiger partial charge < -0.3 is 4.74 Å². The van der Waals surface area contributed by atoms with Gasteiger partial charge in [-0.25, -0.2) is 4.98 Å². The number of thiazole rings is 1. The molecule has 26 heavy (non-hydrogen) atoms. The standard InChI is InChI=1S/C18H13Br2ClN2O2S/c1-10-17(11-2-4-12(19)5-3-11)23-18(26-10)22-16(24)9-25-15-7-6-13(21)8-14(15)20/h2-8H,9H2,1H3,(H,22,23,24). The van der Waals surface area contributed by atoms with Gasteiger partial charge in [-0.1, -0.05) is 39.7 Å². The first-order chi connectivity index (χ1) is 12.4. The van der Waals surface area contributed by atoms with Gasteiger partial charge in [0.15, 0.2) is 11.7 Å². The first-order valence-electron chi connectivity index (χ1n) is 7.53. The first-order valence-corrected chi connectivity index (χ1v) is 10.3. The minimum atomic E-state index is -0.275. The maximum Gasteiger partial charge on any atom is 0.264 e. The van der Waals surface area contributed by atoms with E-state index in [1.165, 1.54) is 11.3 Å². The van der Waals surface area contributed by atoms with Gasteiger partial charge in [-0.15, -0.1) is 11.3 Å². The number of nitrogens with zero attached hydrogens (tertiary/aromatic N) is 1. The molecule has 0 radical (unpaired) electrons. The number of hydrogen-bond donors (Lipinski definition) is 1. The summed E-state index contributed by atoms with van der Waals surface area (Å²) in [4.78, 5) is 17.7. The molecule has 3 rings (SSSR count). The van der Waals surface area contributed by atoms with Gasteiger partial charge in [0.2, 0.25) is 0 Å². The zero-order chi connectivity index (χ0) is 18.7. The van der Waals surface area contributed by atoms with E-state index in [2.05, 4.69) is 42.2 Å². The Morgan fingerprint density at radius 3 is 2.65 bits per heavy atom. The number of carbonyl (C=O) groups is 1. The molecule has 1 N–H and O–H groups in total. The molecule has 4 nitrogen and oxygen atoms in total. The van der Waals surface area contributed by atoms with Gasteiger partial charge in [0.05, 0.1) is 10.2 Å². The van der Waals surface area contributed by atoms with E-state index in [0.717, 1.165) is 20.6 Å². The normalized spacial score (nSPS) is 10.6. The van der Waals surface area contributed by atoms with Crippen LogP contribution < -0.4 is 10.1 Å². The number of nitrogens with one attached hydrogen (secondary N) is 1.